The molecular weight excluding hydrogens is 488 g/mol. The van der Waals surface area contributed by atoms with Crippen molar-refractivity contribution < 1.29 is 26.4 Å². The molecule has 7 nitrogen and oxygen atoms in total. The van der Waals surface area contributed by atoms with Crippen molar-refractivity contribution in [1.82, 2.24) is 20.2 Å². The summed E-state index contributed by atoms with van der Waals surface area (Å²) in [5, 5.41) is 1.40. The van der Waals surface area contributed by atoms with Crippen molar-refractivity contribution in [3.8, 4) is 10.7 Å². The van der Waals surface area contributed by atoms with E-state index in [1.54, 1.807) is 0 Å². The van der Waals surface area contributed by atoms with Crippen LogP contribution in [0.3, 0.4) is 0 Å². The van der Waals surface area contributed by atoms with Crippen molar-refractivity contribution in [3.05, 3.63) is 63.2 Å². The summed E-state index contributed by atoms with van der Waals surface area (Å²) in [6.45, 7) is 0. The van der Waals surface area contributed by atoms with Crippen molar-refractivity contribution >= 4 is 50.5 Å². The highest BCUT2D eigenvalue weighted by atomic mass is 35.5. The Balaban J connectivity index is 1.73. The Morgan fingerprint density at radius 3 is 2.40 bits per heavy atom. The number of rotatable bonds is 5. The molecule has 0 aliphatic heterocycles. The third kappa shape index (κ3) is 5.08. The van der Waals surface area contributed by atoms with Crippen LogP contribution >= 0.6 is 34.5 Å². The van der Waals surface area contributed by atoms with Gasteiger partial charge in [0.15, 0.2) is 0 Å². The molecule has 0 spiro atoms. The SMILES string of the molecule is O=C(NNS(=O)(=O)c1ccc(Cl)cc1)c1csc(-c2ncc(C(F)(F)F)cc2Cl)n1. The molecule has 30 heavy (non-hydrogen) atoms. The number of carbonyl (C=O) groups excluding carboxylic acids is 1. The minimum atomic E-state index is -4.61. The maximum atomic E-state index is 12.7. The zero-order valence-corrected chi connectivity index (χ0v) is 17.5. The molecule has 0 aliphatic carbocycles. The normalized spacial score (nSPS) is 12.0. The number of pyridine rings is 1. The summed E-state index contributed by atoms with van der Waals surface area (Å²) >= 11 is 12.5. The van der Waals surface area contributed by atoms with Crippen LogP contribution in [0.5, 0.6) is 0 Å². The van der Waals surface area contributed by atoms with Crippen LogP contribution in [0.1, 0.15) is 16.1 Å². The first-order valence-electron chi connectivity index (χ1n) is 7.74. The number of carbonyl (C=O) groups is 1. The molecule has 14 heteroatoms. The van der Waals surface area contributed by atoms with Crippen molar-refractivity contribution in [2.45, 2.75) is 11.1 Å². The lowest BCUT2D eigenvalue weighted by atomic mass is 10.2. The van der Waals surface area contributed by atoms with Crippen molar-refractivity contribution in [2.24, 2.45) is 0 Å². The molecule has 2 aromatic heterocycles. The van der Waals surface area contributed by atoms with Gasteiger partial charge < -0.3 is 0 Å². The van der Waals surface area contributed by atoms with Gasteiger partial charge in [0.05, 0.1) is 15.5 Å². The van der Waals surface area contributed by atoms with Gasteiger partial charge in [-0.05, 0) is 30.3 Å². The van der Waals surface area contributed by atoms with Crippen molar-refractivity contribution in [1.29, 1.82) is 0 Å². The summed E-state index contributed by atoms with van der Waals surface area (Å²) in [5.41, 5.74) is 0.733. The highest BCUT2D eigenvalue weighted by Gasteiger charge is 2.32. The summed E-state index contributed by atoms with van der Waals surface area (Å²) in [6.07, 6.45) is -4.01. The quantitative estimate of drug-likeness (QED) is 0.516. The lowest BCUT2D eigenvalue weighted by Crippen LogP contribution is -2.41. The second kappa shape index (κ2) is 8.47. The van der Waals surface area contributed by atoms with E-state index >= 15 is 0 Å². The molecule has 0 atom stereocenters. The number of alkyl halides is 3. The number of nitrogens with zero attached hydrogens (tertiary/aromatic N) is 2. The van der Waals surface area contributed by atoms with Gasteiger partial charge in [-0.15, -0.1) is 16.2 Å². The Bertz CT molecular complexity index is 1200. The number of thiazole rings is 1. The lowest BCUT2D eigenvalue weighted by molar-refractivity contribution is -0.137. The van der Waals surface area contributed by atoms with E-state index in [2.05, 4.69) is 9.97 Å². The first-order valence-corrected chi connectivity index (χ1v) is 10.9. The van der Waals surface area contributed by atoms with Crippen molar-refractivity contribution in [2.75, 3.05) is 0 Å². The number of benzene rings is 1. The van der Waals surface area contributed by atoms with E-state index < -0.39 is 27.7 Å². The number of hydrogen-bond acceptors (Lipinski definition) is 6. The van der Waals surface area contributed by atoms with E-state index in [0.29, 0.717) is 17.3 Å². The molecule has 2 N–H and O–H groups in total. The molecule has 0 saturated heterocycles. The Kier molecular flexibility index (Phi) is 6.34. The van der Waals surface area contributed by atoms with E-state index in [9.17, 15) is 26.4 Å². The molecule has 0 saturated carbocycles. The standard InChI is InChI=1S/C16H9Cl2F3N4O3S2/c17-9-1-3-10(4-2-9)30(27,28)25-24-14(26)12-7-29-15(23-12)13-11(18)5-8(6-22-13)16(19,20)21/h1-7,25H,(H,24,26). The Hall–Kier alpha value is -2.25. The lowest BCUT2D eigenvalue weighted by Gasteiger charge is -2.08. The largest absolute Gasteiger partial charge is 0.417 e. The van der Waals surface area contributed by atoms with Gasteiger partial charge in [0.25, 0.3) is 15.9 Å². The van der Waals surface area contributed by atoms with Crippen LogP contribution in [0.4, 0.5) is 13.2 Å². The molecule has 158 valence electrons. The van der Waals surface area contributed by atoms with Gasteiger partial charge in [-0.1, -0.05) is 23.2 Å². The number of amides is 1. The Morgan fingerprint density at radius 2 is 1.80 bits per heavy atom. The van der Waals surface area contributed by atoms with Gasteiger partial charge in [-0.25, -0.2) is 13.4 Å². The van der Waals surface area contributed by atoms with Crippen LogP contribution in [0.15, 0.2) is 46.8 Å². The van der Waals surface area contributed by atoms with Crippen molar-refractivity contribution in [3.63, 3.8) is 0 Å². The molecule has 1 amide bonds. The van der Waals surface area contributed by atoms with Gasteiger partial charge in [0.1, 0.15) is 16.4 Å². The number of hydrazine groups is 1. The van der Waals surface area contributed by atoms with Gasteiger partial charge in [0, 0.05) is 16.6 Å². The molecule has 0 fully saturated rings. The third-order valence-corrected chi connectivity index (χ3v) is 6.18. The maximum Gasteiger partial charge on any atom is 0.417 e. The monoisotopic (exact) mass is 496 g/mol. The predicted octanol–water partition coefficient (Wildman–Crippen LogP) is 4.15. The number of sulfonamides is 1. The molecule has 3 rings (SSSR count). The molecule has 2 heterocycles. The molecule has 0 aliphatic rings. The van der Waals surface area contributed by atoms with Gasteiger partial charge in [-0.3, -0.25) is 15.2 Å². The number of aromatic nitrogens is 2. The Morgan fingerprint density at radius 1 is 1.13 bits per heavy atom. The summed E-state index contributed by atoms with van der Waals surface area (Å²) < 4.78 is 62.4. The fourth-order valence-corrected chi connectivity index (χ4v) is 4.17. The highest BCUT2D eigenvalue weighted by Crippen LogP contribution is 2.34. The van der Waals surface area contributed by atoms with Gasteiger partial charge >= 0.3 is 6.18 Å². The number of hydrogen-bond donors (Lipinski definition) is 2. The fraction of sp³-hybridized carbons (Fsp3) is 0.0625. The third-order valence-electron chi connectivity index (χ3n) is 3.53. The van der Waals surface area contributed by atoms with E-state index in [-0.39, 0.29) is 26.3 Å². The molecule has 0 unspecified atom stereocenters. The first-order chi connectivity index (χ1) is 14.0. The minimum absolute atomic E-state index is 0.0459. The topological polar surface area (TPSA) is 101 Å². The summed E-state index contributed by atoms with van der Waals surface area (Å²) in [5.74, 6) is -0.891. The summed E-state index contributed by atoms with van der Waals surface area (Å²) in [6, 6.07) is 5.92. The molecular formula is C16H9Cl2F3N4O3S2. The molecule has 3 aromatic rings. The maximum absolute atomic E-state index is 12.7. The van der Waals surface area contributed by atoms with E-state index in [0.717, 1.165) is 11.3 Å². The first kappa shape index (κ1) is 22.4. The van der Waals surface area contributed by atoms with Gasteiger partial charge in [-0.2, -0.15) is 13.2 Å². The zero-order chi connectivity index (χ0) is 22.1. The van der Waals surface area contributed by atoms with E-state index in [1.165, 1.54) is 29.6 Å². The second-order valence-corrected chi connectivity index (χ2v) is 8.99. The summed E-state index contributed by atoms with van der Waals surface area (Å²) in [7, 11) is -4.06. The highest BCUT2D eigenvalue weighted by molar-refractivity contribution is 7.89. The molecule has 0 radical (unpaired) electrons. The van der Waals surface area contributed by atoms with Crippen LogP contribution < -0.4 is 10.3 Å². The van der Waals surface area contributed by atoms with Crippen LogP contribution in [0.25, 0.3) is 10.7 Å². The second-order valence-electron chi connectivity index (χ2n) is 5.60. The summed E-state index contributed by atoms with van der Waals surface area (Å²) in [4.78, 5) is 21.6. The molecule has 0 bridgehead atoms. The van der Waals surface area contributed by atoms with Crippen LogP contribution in [0.2, 0.25) is 10.0 Å². The number of halogens is 5. The van der Waals surface area contributed by atoms with E-state index in [1.807, 2.05) is 10.3 Å². The average molecular weight is 497 g/mol. The van der Waals surface area contributed by atoms with Crippen LogP contribution in [-0.4, -0.2) is 24.3 Å². The molecule has 1 aromatic carbocycles. The Labute approximate surface area is 181 Å². The van der Waals surface area contributed by atoms with Gasteiger partial charge in [0.2, 0.25) is 0 Å². The average Bonchev–Trinajstić information content (AvgIpc) is 3.15. The van der Waals surface area contributed by atoms with Crippen LogP contribution in [-0.2, 0) is 16.2 Å². The predicted molar refractivity (Wildman–Crippen MR) is 105 cm³/mol. The van der Waals surface area contributed by atoms with E-state index in [4.69, 9.17) is 23.2 Å². The zero-order valence-electron chi connectivity index (χ0n) is 14.4. The number of nitrogens with one attached hydrogen (secondary N) is 2. The minimum Gasteiger partial charge on any atom is -0.272 e. The fourth-order valence-electron chi connectivity index (χ4n) is 2.09. The van der Waals surface area contributed by atoms with Crippen LogP contribution in [0, 0.1) is 0 Å². The smallest absolute Gasteiger partial charge is 0.272 e.